The number of ether oxygens (including phenoxy) is 1. The highest BCUT2D eigenvalue weighted by molar-refractivity contribution is 7.07. The summed E-state index contributed by atoms with van der Waals surface area (Å²) in [5.74, 6) is 0.163. The topological polar surface area (TPSA) is 55.3 Å². The number of nitrogens with zero attached hydrogens (tertiary/aromatic N) is 3. The van der Waals surface area contributed by atoms with Crippen LogP contribution in [0.5, 0.6) is 6.01 Å². The molecular weight excluding hydrogens is 286 g/mol. The van der Waals surface area contributed by atoms with Crippen LogP contribution in [0, 0.1) is 0 Å². The van der Waals surface area contributed by atoms with Crippen molar-refractivity contribution in [1.29, 1.82) is 0 Å². The average Bonchev–Trinajstić information content (AvgIpc) is 3.01. The van der Waals surface area contributed by atoms with E-state index in [2.05, 4.69) is 9.97 Å². The summed E-state index contributed by atoms with van der Waals surface area (Å²) in [5.41, 5.74) is 1.08. The highest BCUT2D eigenvalue weighted by Gasteiger charge is 2.25. The Morgan fingerprint density at radius 2 is 2.29 bits per heavy atom. The van der Waals surface area contributed by atoms with Crippen LogP contribution in [0.3, 0.4) is 0 Å². The molecule has 1 aliphatic heterocycles. The van der Waals surface area contributed by atoms with Gasteiger partial charge < -0.3 is 9.64 Å². The van der Waals surface area contributed by atoms with Gasteiger partial charge >= 0.3 is 6.01 Å². The number of aromatic nitrogens is 2. The van der Waals surface area contributed by atoms with E-state index >= 15 is 0 Å². The minimum Gasteiger partial charge on any atom is -0.458 e. The average molecular weight is 303 g/mol. The van der Waals surface area contributed by atoms with Gasteiger partial charge in [0.2, 0.25) is 5.91 Å². The zero-order valence-corrected chi connectivity index (χ0v) is 12.5. The number of thiophene rings is 1. The molecule has 2 aromatic heterocycles. The number of hydrogen-bond acceptors (Lipinski definition) is 5. The molecule has 1 fully saturated rings. The van der Waals surface area contributed by atoms with Gasteiger partial charge in [0, 0.05) is 18.9 Å². The third kappa shape index (κ3) is 3.78. The van der Waals surface area contributed by atoms with Crippen LogP contribution in [0.1, 0.15) is 18.4 Å². The molecule has 3 rings (SSSR count). The minimum atomic E-state index is -0.0208. The Hall–Kier alpha value is -1.95. The van der Waals surface area contributed by atoms with Crippen LogP contribution >= 0.6 is 11.3 Å². The summed E-state index contributed by atoms with van der Waals surface area (Å²) in [6.45, 7) is 1.42. The Kier molecular flexibility index (Phi) is 4.45. The van der Waals surface area contributed by atoms with Crippen LogP contribution in [0.25, 0.3) is 0 Å². The molecule has 1 amide bonds. The van der Waals surface area contributed by atoms with Crippen LogP contribution in [-0.4, -0.2) is 40.0 Å². The van der Waals surface area contributed by atoms with E-state index in [4.69, 9.17) is 4.74 Å². The molecule has 6 heteroatoms. The Balaban J connectivity index is 1.56. The molecule has 0 aromatic carbocycles. The van der Waals surface area contributed by atoms with Crippen LogP contribution in [0.15, 0.2) is 35.3 Å². The first-order valence-electron chi connectivity index (χ1n) is 7.04. The maximum absolute atomic E-state index is 12.3. The third-order valence-corrected chi connectivity index (χ3v) is 4.21. The Bertz CT molecular complexity index is 574. The summed E-state index contributed by atoms with van der Waals surface area (Å²) in [4.78, 5) is 22.3. The van der Waals surface area contributed by atoms with Crippen LogP contribution in [0.4, 0.5) is 0 Å². The molecule has 21 heavy (non-hydrogen) atoms. The van der Waals surface area contributed by atoms with Gasteiger partial charge in [-0.15, -0.1) is 0 Å². The fourth-order valence-electron chi connectivity index (χ4n) is 2.44. The van der Waals surface area contributed by atoms with Crippen molar-refractivity contribution in [3.8, 4) is 6.01 Å². The SMILES string of the molecule is O=C(Cc1ccsc1)N1CCCC(Oc2ncccn2)C1. The number of carbonyl (C=O) groups is 1. The van der Waals surface area contributed by atoms with E-state index in [-0.39, 0.29) is 12.0 Å². The van der Waals surface area contributed by atoms with E-state index in [0.717, 1.165) is 24.9 Å². The van der Waals surface area contributed by atoms with Gasteiger partial charge in [-0.3, -0.25) is 4.79 Å². The minimum absolute atomic E-state index is 0.0208. The number of carbonyl (C=O) groups excluding carboxylic acids is 1. The van der Waals surface area contributed by atoms with Gasteiger partial charge in [0.25, 0.3) is 0 Å². The maximum atomic E-state index is 12.3. The molecule has 1 aliphatic rings. The lowest BCUT2D eigenvalue weighted by atomic mass is 10.1. The number of piperidine rings is 1. The van der Waals surface area contributed by atoms with E-state index in [9.17, 15) is 4.79 Å². The van der Waals surface area contributed by atoms with E-state index in [1.165, 1.54) is 0 Å². The van der Waals surface area contributed by atoms with Crippen molar-refractivity contribution in [3.05, 3.63) is 40.8 Å². The standard InChI is InChI=1S/C15H17N3O2S/c19-14(9-12-4-8-21-11-12)18-7-1-3-13(10-18)20-15-16-5-2-6-17-15/h2,4-6,8,11,13H,1,3,7,9-10H2. The molecule has 0 saturated carbocycles. The predicted octanol–water partition coefficient (Wildman–Crippen LogP) is 2.15. The van der Waals surface area contributed by atoms with Gasteiger partial charge in [-0.1, -0.05) is 0 Å². The van der Waals surface area contributed by atoms with Gasteiger partial charge in [0.05, 0.1) is 13.0 Å². The Morgan fingerprint density at radius 3 is 3.05 bits per heavy atom. The van der Waals surface area contributed by atoms with Crippen molar-refractivity contribution < 1.29 is 9.53 Å². The van der Waals surface area contributed by atoms with Crippen molar-refractivity contribution in [2.75, 3.05) is 13.1 Å². The molecule has 5 nitrogen and oxygen atoms in total. The molecule has 1 unspecified atom stereocenters. The first kappa shape index (κ1) is 14.0. The van der Waals surface area contributed by atoms with Crippen molar-refractivity contribution in [1.82, 2.24) is 14.9 Å². The predicted molar refractivity (Wildman–Crippen MR) is 80.3 cm³/mol. The highest BCUT2D eigenvalue weighted by atomic mass is 32.1. The summed E-state index contributed by atoms with van der Waals surface area (Å²) in [5, 5.41) is 4.02. The molecule has 0 aliphatic carbocycles. The molecule has 0 N–H and O–H groups in total. The number of hydrogen-bond donors (Lipinski definition) is 0. The zero-order chi connectivity index (χ0) is 14.5. The largest absolute Gasteiger partial charge is 0.458 e. The van der Waals surface area contributed by atoms with Gasteiger partial charge in [0.1, 0.15) is 6.10 Å². The molecular formula is C15H17N3O2S. The van der Waals surface area contributed by atoms with E-state index < -0.39 is 0 Å². The summed E-state index contributed by atoms with van der Waals surface area (Å²) < 4.78 is 5.76. The molecule has 1 saturated heterocycles. The normalized spacial score (nSPS) is 18.5. The molecule has 3 heterocycles. The van der Waals surface area contributed by atoms with Gasteiger partial charge in [-0.05, 0) is 41.3 Å². The second kappa shape index (κ2) is 6.67. The van der Waals surface area contributed by atoms with Crippen molar-refractivity contribution in [3.63, 3.8) is 0 Å². The molecule has 110 valence electrons. The summed E-state index contributed by atoms with van der Waals surface area (Å²) in [6, 6.07) is 4.14. The number of rotatable bonds is 4. The Morgan fingerprint density at radius 1 is 1.43 bits per heavy atom. The second-order valence-corrected chi connectivity index (χ2v) is 5.84. The summed E-state index contributed by atoms with van der Waals surface area (Å²) >= 11 is 1.62. The lowest BCUT2D eigenvalue weighted by molar-refractivity contribution is -0.133. The lowest BCUT2D eigenvalue weighted by Crippen LogP contribution is -2.45. The van der Waals surface area contributed by atoms with Gasteiger partial charge in [-0.25, -0.2) is 9.97 Å². The fourth-order valence-corrected chi connectivity index (χ4v) is 3.10. The van der Waals surface area contributed by atoms with Crippen molar-refractivity contribution >= 4 is 17.2 Å². The third-order valence-electron chi connectivity index (χ3n) is 3.48. The van der Waals surface area contributed by atoms with E-state index in [1.807, 2.05) is 21.7 Å². The Labute approximate surface area is 127 Å². The molecule has 1 atom stereocenters. The molecule has 0 bridgehead atoms. The van der Waals surface area contributed by atoms with E-state index in [1.54, 1.807) is 29.8 Å². The van der Waals surface area contributed by atoms with Gasteiger partial charge in [0.15, 0.2) is 0 Å². The van der Waals surface area contributed by atoms with Crippen LogP contribution < -0.4 is 4.74 Å². The number of likely N-dealkylation sites (tertiary alicyclic amines) is 1. The molecule has 0 spiro atoms. The van der Waals surface area contributed by atoms with Crippen molar-refractivity contribution in [2.24, 2.45) is 0 Å². The smallest absolute Gasteiger partial charge is 0.316 e. The second-order valence-electron chi connectivity index (χ2n) is 5.06. The summed E-state index contributed by atoms with van der Waals surface area (Å²) in [7, 11) is 0. The van der Waals surface area contributed by atoms with Crippen LogP contribution in [-0.2, 0) is 11.2 Å². The fraction of sp³-hybridized carbons (Fsp3) is 0.400. The molecule has 0 radical (unpaired) electrons. The first-order valence-corrected chi connectivity index (χ1v) is 7.98. The van der Waals surface area contributed by atoms with Crippen molar-refractivity contribution in [2.45, 2.75) is 25.4 Å². The molecule has 2 aromatic rings. The van der Waals surface area contributed by atoms with E-state index in [0.29, 0.717) is 19.0 Å². The first-order chi connectivity index (χ1) is 10.3. The summed E-state index contributed by atoms with van der Waals surface area (Å²) in [6.07, 6.45) is 5.65. The number of amides is 1. The highest BCUT2D eigenvalue weighted by Crippen LogP contribution is 2.16. The van der Waals surface area contributed by atoms with Gasteiger partial charge in [-0.2, -0.15) is 11.3 Å². The quantitative estimate of drug-likeness (QED) is 0.868. The zero-order valence-electron chi connectivity index (χ0n) is 11.6. The maximum Gasteiger partial charge on any atom is 0.316 e. The monoisotopic (exact) mass is 303 g/mol. The van der Waals surface area contributed by atoms with Crippen LogP contribution in [0.2, 0.25) is 0 Å². The lowest BCUT2D eigenvalue weighted by Gasteiger charge is -2.32.